The van der Waals surface area contributed by atoms with Crippen LogP contribution in [0.15, 0.2) is 54.6 Å². The minimum atomic E-state index is -0.124. The molecule has 0 aromatic heterocycles. The second-order valence-electron chi connectivity index (χ2n) is 5.00. The molecule has 2 rings (SSSR count). The normalized spacial score (nSPS) is 9.91. The molecule has 0 unspecified atom stereocenters. The molecule has 5 heteroatoms. The molecular weight excluding hydrogens is 278 g/mol. The predicted molar refractivity (Wildman–Crippen MR) is 89.1 cm³/mol. The van der Waals surface area contributed by atoms with E-state index in [9.17, 15) is 9.59 Å². The number of carbonyl (C=O) groups excluding carboxylic acids is 2. The van der Waals surface area contributed by atoms with Gasteiger partial charge >= 0.3 is 0 Å². The number of amides is 2. The van der Waals surface area contributed by atoms with Crippen LogP contribution in [0.4, 0.5) is 17.1 Å². The van der Waals surface area contributed by atoms with Crippen molar-refractivity contribution in [1.82, 2.24) is 0 Å². The van der Waals surface area contributed by atoms with Crippen molar-refractivity contribution in [3.05, 3.63) is 54.6 Å². The van der Waals surface area contributed by atoms with E-state index in [1.165, 1.54) is 6.92 Å². The van der Waals surface area contributed by atoms with Gasteiger partial charge in [0.1, 0.15) is 0 Å². The molecule has 0 atom stereocenters. The summed E-state index contributed by atoms with van der Waals surface area (Å²) in [5, 5.41) is 5.51. The average Bonchev–Trinajstić information content (AvgIpc) is 2.49. The standard InChI is InChI=1S/C17H19N3O2/c1-13(21)18-14-8-10-15(11-9-14)19-17(22)12-20(2)16-6-4-3-5-7-16/h3-11H,12H2,1-2H3,(H,18,21)(H,19,22). The highest BCUT2D eigenvalue weighted by Gasteiger charge is 2.07. The van der Waals surface area contributed by atoms with Crippen molar-refractivity contribution in [3.8, 4) is 0 Å². The molecule has 0 spiro atoms. The number of benzene rings is 2. The average molecular weight is 297 g/mol. The minimum absolute atomic E-state index is 0.0985. The Labute approximate surface area is 129 Å². The molecule has 5 nitrogen and oxygen atoms in total. The summed E-state index contributed by atoms with van der Waals surface area (Å²) in [6.45, 7) is 1.71. The van der Waals surface area contributed by atoms with Crippen molar-refractivity contribution in [2.24, 2.45) is 0 Å². The Balaban J connectivity index is 1.90. The van der Waals surface area contributed by atoms with Crippen LogP contribution in [0.3, 0.4) is 0 Å². The molecule has 2 aromatic rings. The lowest BCUT2D eigenvalue weighted by Crippen LogP contribution is -2.29. The third-order valence-electron chi connectivity index (χ3n) is 3.07. The Kier molecular flexibility index (Phi) is 5.14. The fourth-order valence-electron chi connectivity index (χ4n) is 2.03. The molecule has 0 heterocycles. The molecule has 22 heavy (non-hydrogen) atoms. The first-order valence-corrected chi connectivity index (χ1v) is 6.98. The SMILES string of the molecule is CC(=O)Nc1ccc(NC(=O)CN(C)c2ccccc2)cc1. The van der Waals surface area contributed by atoms with Gasteiger partial charge in [0, 0.05) is 31.0 Å². The summed E-state index contributed by atoms with van der Waals surface area (Å²) in [6, 6.07) is 16.7. The Bertz CT molecular complexity index is 639. The van der Waals surface area contributed by atoms with Gasteiger partial charge in [-0.3, -0.25) is 9.59 Å². The largest absolute Gasteiger partial charge is 0.365 e. The topological polar surface area (TPSA) is 61.4 Å². The molecule has 0 fully saturated rings. The number of anilines is 3. The molecule has 0 aliphatic rings. The predicted octanol–water partition coefficient (Wildman–Crippen LogP) is 2.72. The highest BCUT2D eigenvalue weighted by atomic mass is 16.2. The van der Waals surface area contributed by atoms with Crippen LogP contribution >= 0.6 is 0 Å². The molecule has 0 saturated carbocycles. The van der Waals surface area contributed by atoms with Gasteiger partial charge in [-0.15, -0.1) is 0 Å². The maximum absolute atomic E-state index is 12.0. The summed E-state index contributed by atoms with van der Waals surface area (Å²) < 4.78 is 0. The summed E-state index contributed by atoms with van der Waals surface area (Å²) >= 11 is 0. The Morgan fingerprint density at radius 2 is 1.45 bits per heavy atom. The van der Waals surface area contributed by atoms with Gasteiger partial charge < -0.3 is 15.5 Å². The molecule has 0 bridgehead atoms. The van der Waals surface area contributed by atoms with Gasteiger partial charge in [0.15, 0.2) is 0 Å². The third-order valence-corrected chi connectivity index (χ3v) is 3.07. The number of para-hydroxylation sites is 1. The van der Waals surface area contributed by atoms with Crippen molar-refractivity contribution in [2.45, 2.75) is 6.92 Å². The maximum atomic E-state index is 12.0. The zero-order valence-corrected chi connectivity index (χ0v) is 12.7. The van der Waals surface area contributed by atoms with E-state index in [1.807, 2.05) is 42.3 Å². The highest BCUT2D eigenvalue weighted by molar-refractivity contribution is 5.94. The molecule has 0 radical (unpaired) electrons. The summed E-state index contributed by atoms with van der Waals surface area (Å²) in [6.07, 6.45) is 0. The molecule has 2 aromatic carbocycles. The van der Waals surface area contributed by atoms with Crippen LogP contribution < -0.4 is 15.5 Å². The van der Waals surface area contributed by atoms with Gasteiger partial charge in [-0.1, -0.05) is 18.2 Å². The van der Waals surface area contributed by atoms with E-state index in [-0.39, 0.29) is 18.4 Å². The van der Waals surface area contributed by atoms with Crippen molar-refractivity contribution in [2.75, 3.05) is 29.1 Å². The Morgan fingerprint density at radius 1 is 0.909 bits per heavy atom. The van der Waals surface area contributed by atoms with Crippen molar-refractivity contribution < 1.29 is 9.59 Å². The lowest BCUT2D eigenvalue weighted by molar-refractivity contribution is -0.115. The van der Waals surface area contributed by atoms with E-state index in [0.717, 1.165) is 5.69 Å². The van der Waals surface area contributed by atoms with Crippen molar-refractivity contribution in [1.29, 1.82) is 0 Å². The quantitative estimate of drug-likeness (QED) is 0.892. The fraction of sp³-hybridized carbons (Fsp3) is 0.176. The van der Waals surface area contributed by atoms with E-state index in [2.05, 4.69) is 10.6 Å². The zero-order valence-electron chi connectivity index (χ0n) is 12.7. The number of carbonyl (C=O) groups is 2. The van der Waals surface area contributed by atoms with E-state index in [1.54, 1.807) is 24.3 Å². The van der Waals surface area contributed by atoms with Crippen LogP contribution in [0.5, 0.6) is 0 Å². The monoisotopic (exact) mass is 297 g/mol. The van der Waals surface area contributed by atoms with Gasteiger partial charge in [-0.2, -0.15) is 0 Å². The maximum Gasteiger partial charge on any atom is 0.243 e. The smallest absolute Gasteiger partial charge is 0.243 e. The van der Waals surface area contributed by atoms with Gasteiger partial charge in [-0.05, 0) is 36.4 Å². The van der Waals surface area contributed by atoms with E-state index < -0.39 is 0 Å². The first-order valence-electron chi connectivity index (χ1n) is 6.98. The molecule has 114 valence electrons. The summed E-state index contributed by atoms with van der Waals surface area (Å²) in [5.74, 6) is -0.222. The van der Waals surface area contributed by atoms with Crippen LogP contribution in [0.1, 0.15) is 6.92 Å². The lowest BCUT2D eigenvalue weighted by Gasteiger charge is -2.18. The van der Waals surface area contributed by atoms with Crippen LogP contribution in [-0.4, -0.2) is 25.4 Å². The zero-order chi connectivity index (χ0) is 15.9. The van der Waals surface area contributed by atoms with Crippen molar-refractivity contribution in [3.63, 3.8) is 0 Å². The number of hydrogen-bond acceptors (Lipinski definition) is 3. The third kappa shape index (κ3) is 4.63. The second kappa shape index (κ2) is 7.26. The molecule has 0 saturated heterocycles. The molecule has 0 aliphatic carbocycles. The number of likely N-dealkylation sites (N-methyl/N-ethyl adjacent to an activating group) is 1. The van der Waals surface area contributed by atoms with Crippen LogP contribution in [0, 0.1) is 0 Å². The van der Waals surface area contributed by atoms with Crippen LogP contribution in [-0.2, 0) is 9.59 Å². The number of nitrogens with one attached hydrogen (secondary N) is 2. The van der Waals surface area contributed by atoms with Gasteiger partial charge in [-0.25, -0.2) is 0 Å². The van der Waals surface area contributed by atoms with E-state index in [4.69, 9.17) is 0 Å². The van der Waals surface area contributed by atoms with Gasteiger partial charge in [0.05, 0.1) is 6.54 Å². The number of hydrogen-bond donors (Lipinski definition) is 2. The summed E-state index contributed by atoms with van der Waals surface area (Å²) in [7, 11) is 1.87. The fourth-order valence-corrected chi connectivity index (χ4v) is 2.03. The number of rotatable bonds is 5. The van der Waals surface area contributed by atoms with E-state index >= 15 is 0 Å². The van der Waals surface area contributed by atoms with Crippen LogP contribution in [0.25, 0.3) is 0 Å². The molecule has 2 amide bonds. The lowest BCUT2D eigenvalue weighted by atomic mass is 10.2. The van der Waals surface area contributed by atoms with Gasteiger partial charge in [0.25, 0.3) is 0 Å². The van der Waals surface area contributed by atoms with Crippen molar-refractivity contribution >= 4 is 28.9 Å². The number of nitrogens with zero attached hydrogens (tertiary/aromatic N) is 1. The molecule has 0 aliphatic heterocycles. The van der Waals surface area contributed by atoms with Gasteiger partial charge in [0.2, 0.25) is 11.8 Å². The van der Waals surface area contributed by atoms with E-state index in [0.29, 0.717) is 11.4 Å². The first-order chi connectivity index (χ1) is 10.5. The summed E-state index contributed by atoms with van der Waals surface area (Å²) in [4.78, 5) is 24.9. The molecular formula is C17H19N3O2. The minimum Gasteiger partial charge on any atom is -0.365 e. The Morgan fingerprint density at radius 3 is 2.00 bits per heavy atom. The summed E-state index contributed by atoms with van der Waals surface area (Å²) in [5.41, 5.74) is 2.38. The first kappa shape index (κ1) is 15.6. The highest BCUT2D eigenvalue weighted by Crippen LogP contribution is 2.14. The Hall–Kier alpha value is -2.82. The molecule has 2 N–H and O–H groups in total. The van der Waals surface area contributed by atoms with Crippen LogP contribution in [0.2, 0.25) is 0 Å². The second-order valence-corrected chi connectivity index (χ2v) is 5.00.